The Morgan fingerprint density at radius 2 is 2.00 bits per heavy atom. The van der Waals surface area contributed by atoms with Crippen LogP contribution in [0.15, 0.2) is 41.4 Å². The monoisotopic (exact) mass is 418 g/mol. The van der Waals surface area contributed by atoms with E-state index in [9.17, 15) is 13.2 Å². The average Bonchev–Trinajstić information content (AvgIpc) is 3.36. The quantitative estimate of drug-likeness (QED) is 0.552. The van der Waals surface area contributed by atoms with Crippen molar-refractivity contribution in [1.29, 1.82) is 0 Å². The van der Waals surface area contributed by atoms with Gasteiger partial charge in [-0.25, -0.2) is 8.42 Å². The van der Waals surface area contributed by atoms with E-state index in [2.05, 4.69) is 10.2 Å². The zero-order valence-electron chi connectivity index (χ0n) is 15.7. The van der Waals surface area contributed by atoms with Crippen molar-refractivity contribution in [3.63, 3.8) is 0 Å². The number of carbonyl (C=O) groups excluding carboxylic acids is 1. The lowest BCUT2D eigenvalue weighted by molar-refractivity contribution is -0.138. The summed E-state index contributed by atoms with van der Waals surface area (Å²) in [6, 6.07) is 7.64. The molecular weight excluding hydrogens is 400 g/mol. The van der Waals surface area contributed by atoms with Gasteiger partial charge in [-0.3, -0.25) is 13.5 Å². The molecule has 0 atom stereocenters. The van der Waals surface area contributed by atoms with Gasteiger partial charge in [0.15, 0.2) is 17.1 Å². The van der Waals surface area contributed by atoms with Crippen LogP contribution < -0.4 is 13.8 Å². The molecule has 2 aromatic heterocycles. The van der Waals surface area contributed by atoms with Crippen molar-refractivity contribution in [2.45, 2.75) is 18.2 Å². The fraction of sp³-hybridized carbons (Fsp3) is 0.278. The Morgan fingerprint density at radius 3 is 2.76 bits per heavy atom. The van der Waals surface area contributed by atoms with Crippen LogP contribution in [0.4, 0.5) is 5.69 Å². The fourth-order valence-electron chi connectivity index (χ4n) is 2.98. The molecule has 0 unspecified atom stereocenters. The SMILES string of the molecule is CCc1nnc2ccc(S(=O)(=O)N(CC(=O)OC)c3ccc4c(c3)OCO4)cn12. The van der Waals surface area contributed by atoms with Crippen molar-refractivity contribution < 1.29 is 27.4 Å². The maximum atomic E-state index is 13.4. The largest absolute Gasteiger partial charge is 0.468 e. The van der Waals surface area contributed by atoms with E-state index in [4.69, 9.17) is 14.2 Å². The number of carbonyl (C=O) groups is 1. The summed E-state index contributed by atoms with van der Waals surface area (Å²) in [5.74, 6) is 0.822. The number of ether oxygens (including phenoxy) is 3. The first-order valence-electron chi connectivity index (χ1n) is 8.77. The summed E-state index contributed by atoms with van der Waals surface area (Å²) < 4.78 is 44.8. The second-order valence-electron chi connectivity index (χ2n) is 6.19. The summed E-state index contributed by atoms with van der Waals surface area (Å²) in [7, 11) is -2.91. The van der Waals surface area contributed by atoms with Crippen LogP contribution in [-0.2, 0) is 26.0 Å². The Kier molecular flexibility index (Phi) is 4.74. The molecule has 0 spiro atoms. The molecule has 1 aliphatic rings. The topological polar surface area (TPSA) is 112 Å². The highest BCUT2D eigenvalue weighted by molar-refractivity contribution is 7.92. The number of methoxy groups -OCH3 is 1. The number of aromatic nitrogens is 3. The molecule has 0 amide bonds. The molecule has 0 fully saturated rings. The first-order chi connectivity index (χ1) is 13.9. The molecule has 4 rings (SSSR count). The molecule has 1 aromatic carbocycles. The molecule has 29 heavy (non-hydrogen) atoms. The summed E-state index contributed by atoms with van der Waals surface area (Å²) in [6.45, 7) is 1.44. The van der Waals surface area contributed by atoms with E-state index in [1.807, 2.05) is 6.92 Å². The first-order valence-corrected chi connectivity index (χ1v) is 10.2. The van der Waals surface area contributed by atoms with Crippen molar-refractivity contribution in [2.24, 2.45) is 0 Å². The molecule has 0 saturated heterocycles. The third-order valence-electron chi connectivity index (χ3n) is 4.49. The third kappa shape index (κ3) is 3.33. The summed E-state index contributed by atoms with van der Waals surface area (Å²) in [5.41, 5.74) is 0.780. The lowest BCUT2D eigenvalue weighted by Gasteiger charge is -2.23. The molecule has 0 radical (unpaired) electrons. The Balaban J connectivity index is 1.81. The molecular formula is C18H18N4O6S. The number of benzene rings is 1. The Hall–Kier alpha value is -3.34. The number of fused-ring (bicyclic) bond motifs is 2. The molecule has 0 N–H and O–H groups in total. The Bertz CT molecular complexity index is 1190. The van der Waals surface area contributed by atoms with E-state index in [0.29, 0.717) is 29.4 Å². The van der Waals surface area contributed by atoms with Crippen LogP contribution in [0, 0.1) is 0 Å². The first kappa shape index (κ1) is 19.0. The standard InChI is InChI=1S/C18H18N4O6S/c1-3-16-19-20-17-7-5-13(9-21(16)17)29(24,25)22(10-18(23)26-2)12-4-6-14-15(8-12)28-11-27-14/h4-9H,3,10-11H2,1-2H3. The van der Waals surface area contributed by atoms with Gasteiger partial charge in [-0.1, -0.05) is 6.92 Å². The smallest absolute Gasteiger partial charge is 0.326 e. The van der Waals surface area contributed by atoms with Crippen molar-refractivity contribution in [1.82, 2.24) is 14.6 Å². The van der Waals surface area contributed by atoms with Gasteiger partial charge in [0.05, 0.1) is 12.8 Å². The summed E-state index contributed by atoms with van der Waals surface area (Å²) in [4.78, 5) is 12.0. The Morgan fingerprint density at radius 1 is 1.21 bits per heavy atom. The molecule has 152 valence electrons. The predicted octanol–water partition coefficient (Wildman–Crippen LogP) is 1.39. The van der Waals surface area contributed by atoms with Gasteiger partial charge in [-0.05, 0) is 24.3 Å². The number of pyridine rings is 1. The summed E-state index contributed by atoms with van der Waals surface area (Å²) >= 11 is 0. The molecule has 0 saturated carbocycles. The van der Waals surface area contributed by atoms with Gasteiger partial charge in [-0.15, -0.1) is 10.2 Å². The normalized spacial score (nSPS) is 12.9. The molecule has 1 aliphatic heterocycles. The van der Waals surface area contributed by atoms with E-state index >= 15 is 0 Å². The minimum Gasteiger partial charge on any atom is -0.468 e. The number of hydrogen-bond acceptors (Lipinski definition) is 8. The molecule has 11 heteroatoms. The van der Waals surface area contributed by atoms with Crippen LogP contribution in [0.3, 0.4) is 0 Å². The van der Waals surface area contributed by atoms with Crippen molar-refractivity contribution in [3.8, 4) is 11.5 Å². The number of sulfonamides is 1. The van der Waals surface area contributed by atoms with Gasteiger partial charge in [0.25, 0.3) is 10.0 Å². The Labute approximate surface area is 166 Å². The fourth-order valence-corrected chi connectivity index (χ4v) is 4.38. The number of aryl methyl sites for hydroxylation is 1. The van der Waals surface area contributed by atoms with E-state index in [0.717, 1.165) is 4.31 Å². The third-order valence-corrected chi connectivity index (χ3v) is 6.25. The van der Waals surface area contributed by atoms with Crippen molar-refractivity contribution >= 4 is 27.3 Å². The zero-order valence-corrected chi connectivity index (χ0v) is 16.5. The maximum Gasteiger partial charge on any atom is 0.326 e. The van der Waals surface area contributed by atoms with Crippen LogP contribution >= 0.6 is 0 Å². The van der Waals surface area contributed by atoms with E-state index < -0.39 is 22.5 Å². The van der Waals surface area contributed by atoms with Crippen LogP contribution in [0.25, 0.3) is 5.65 Å². The van der Waals surface area contributed by atoms with Crippen molar-refractivity contribution in [2.75, 3.05) is 24.8 Å². The number of hydrogen-bond donors (Lipinski definition) is 0. The number of rotatable bonds is 6. The van der Waals surface area contributed by atoms with Gasteiger partial charge >= 0.3 is 5.97 Å². The number of nitrogens with zero attached hydrogens (tertiary/aromatic N) is 4. The van der Waals surface area contributed by atoms with E-state index in [-0.39, 0.29) is 17.4 Å². The summed E-state index contributed by atoms with van der Waals surface area (Å²) in [6.07, 6.45) is 2.03. The highest BCUT2D eigenvalue weighted by Crippen LogP contribution is 2.37. The predicted molar refractivity (Wildman–Crippen MR) is 101 cm³/mol. The molecule has 3 heterocycles. The lowest BCUT2D eigenvalue weighted by atomic mass is 10.3. The zero-order chi connectivity index (χ0) is 20.6. The van der Waals surface area contributed by atoms with Crippen LogP contribution in [-0.4, -0.2) is 49.4 Å². The van der Waals surface area contributed by atoms with Crippen molar-refractivity contribution in [3.05, 3.63) is 42.4 Å². The number of esters is 1. The lowest BCUT2D eigenvalue weighted by Crippen LogP contribution is -2.36. The molecule has 10 nitrogen and oxygen atoms in total. The van der Waals surface area contributed by atoms with Crippen LogP contribution in [0.2, 0.25) is 0 Å². The minimum absolute atomic E-state index is 0.0129. The van der Waals surface area contributed by atoms with Crippen LogP contribution in [0.1, 0.15) is 12.7 Å². The molecule has 3 aromatic rings. The van der Waals surface area contributed by atoms with Gasteiger partial charge in [0, 0.05) is 18.7 Å². The minimum atomic E-state index is -4.11. The summed E-state index contributed by atoms with van der Waals surface area (Å²) in [5, 5.41) is 8.06. The van der Waals surface area contributed by atoms with E-state index in [1.165, 1.54) is 25.4 Å². The second-order valence-corrected chi connectivity index (χ2v) is 8.05. The van der Waals surface area contributed by atoms with Gasteiger partial charge in [0.2, 0.25) is 6.79 Å². The molecule has 0 bridgehead atoms. The average molecular weight is 418 g/mol. The molecule has 0 aliphatic carbocycles. The highest BCUT2D eigenvalue weighted by Gasteiger charge is 2.30. The number of anilines is 1. The van der Waals surface area contributed by atoms with Crippen LogP contribution in [0.5, 0.6) is 11.5 Å². The second kappa shape index (κ2) is 7.24. The van der Waals surface area contributed by atoms with Gasteiger partial charge in [0.1, 0.15) is 17.3 Å². The van der Waals surface area contributed by atoms with Gasteiger partial charge in [-0.2, -0.15) is 0 Å². The van der Waals surface area contributed by atoms with Gasteiger partial charge < -0.3 is 14.2 Å². The maximum absolute atomic E-state index is 13.4. The van der Waals surface area contributed by atoms with E-state index in [1.54, 1.807) is 22.6 Å². The highest BCUT2D eigenvalue weighted by atomic mass is 32.2.